The summed E-state index contributed by atoms with van der Waals surface area (Å²) in [5.74, 6) is -1.04. The molecular weight excluding hydrogens is 294 g/mol. The molecule has 2 aromatic rings. The molecular formula is C17H21N3O3. The van der Waals surface area contributed by atoms with E-state index < -0.39 is 5.97 Å². The van der Waals surface area contributed by atoms with Crippen LogP contribution in [0.4, 0.5) is 0 Å². The molecule has 6 heteroatoms. The molecule has 23 heavy (non-hydrogen) atoms. The number of aryl methyl sites for hydroxylation is 1. The van der Waals surface area contributed by atoms with Gasteiger partial charge in [-0.25, -0.2) is 0 Å². The number of amides is 1. The number of rotatable bonds is 8. The predicted molar refractivity (Wildman–Crippen MR) is 86.0 cm³/mol. The van der Waals surface area contributed by atoms with Crippen molar-refractivity contribution in [2.45, 2.75) is 32.7 Å². The summed E-state index contributed by atoms with van der Waals surface area (Å²) in [6.45, 7) is 2.80. The van der Waals surface area contributed by atoms with Crippen LogP contribution in [0.1, 0.15) is 41.5 Å². The van der Waals surface area contributed by atoms with Crippen molar-refractivity contribution in [1.29, 1.82) is 0 Å². The Balaban J connectivity index is 2.10. The summed E-state index contributed by atoms with van der Waals surface area (Å²) in [6, 6.07) is 11.4. The topological polar surface area (TPSA) is 86.3 Å². The fraction of sp³-hybridized carbons (Fsp3) is 0.353. The number of nitrogens with zero attached hydrogens (tertiary/aromatic N) is 2. The van der Waals surface area contributed by atoms with Gasteiger partial charge in [0.1, 0.15) is 5.69 Å². The van der Waals surface area contributed by atoms with Crippen LogP contribution in [0.25, 0.3) is 0 Å². The summed E-state index contributed by atoms with van der Waals surface area (Å²) in [5, 5.41) is 15.7. The summed E-state index contributed by atoms with van der Waals surface area (Å²) >= 11 is 0. The zero-order chi connectivity index (χ0) is 16.7. The van der Waals surface area contributed by atoms with Crippen molar-refractivity contribution < 1.29 is 14.7 Å². The van der Waals surface area contributed by atoms with Gasteiger partial charge in [-0.2, -0.15) is 5.10 Å². The second kappa shape index (κ2) is 8.12. The molecule has 0 saturated carbocycles. The van der Waals surface area contributed by atoms with E-state index in [9.17, 15) is 9.59 Å². The van der Waals surface area contributed by atoms with E-state index in [1.165, 1.54) is 0 Å². The van der Waals surface area contributed by atoms with Crippen molar-refractivity contribution in [3.63, 3.8) is 0 Å². The summed E-state index contributed by atoms with van der Waals surface area (Å²) in [6.07, 6.45) is 1.23. The van der Waals surface area contributed by atoms with Gasteiger partial charge in [0, 0.05) is 25.2 Å². The highest BCUT2D eigenvalue weighted by Crippen LogP contribution is 2.11. The summed E-state index contributed by atoms with van der Waals surface area (Å²) in [5.41, 5.74) is 2.27. The Hall–Kier alpha value is -2.63. The number of hydrogen-bond acceptors (Lipinski definition) is 3. The average molecular weight is 315 g/mol. The normalized spacial score (nSPS) is 10.5. The molecule has 1 aromatic heterocycles. The van der Waals surface area contributed by atoms with E-state index in [2.05, 4.69) is 10.2 Å². The number of carbonyl (C=O) groups is 2. The molecule has 0 atom stereocenters. The van der Waals surface area contributed by atoms with Gasteiger partial charge in [-0.15, -0.1) is 0 Å². The molecule has 0 radical (unpaired) electrons. The Morgan fingerprint density at radius 2 is 2.00 bits per heavy atom. The molecule has 0 aliphatic heterocycles. The van der Waals surface area contributed by atoms with Crippen LogP contribution < -0.4 is 0 Å². The number of nitrogens with one attached hydrogen (secondary N) is 1. The lowest BCUT2D eigenvalue weighted by atomic mass is 10.2. The third-order valence-electron chi connectivity index (χ3n) is 3.55. The second-order valence-electron chi connectivity index (χ2n) is 5.34. The summed E-state index contributed by atoms with van der Waals surface area (Å²) in [7, 11) is 0. The van der Waals surface area contributed by atoms with E-state index in [1.54, 1.807) is 11.0 Å². The monoisotopic (exact) mass is 315 g/mol. The van der Waals surface area contributed by atoms with Crippen molar-refractivity contribution in [2.24, 2.45) is 0 Å². The van der Waals surface area contributed by atoms with Crippen molar-refractivity contribution in [2.75, 3.05) is 6.54 Å². The van der Waals surface area contributed by atoms with E-state index >= 15 is 0 Å². The maximum absolute atomic E-state index is 12.7. The van der Waals surface area contributed by atoms with Gasteiger partial charge in [0.25, 0.3) is 5.91 Å². The van der Waals surface area contributed by atoms with Crippen LogP contribution in [-0.4, -0.2) is 38.6 Å². The molecule has 2 rings (SSSR count). The predicted octanol–water partition coefficient (Wildman–Crippen LogP) is 2.48. The van der Waals surface area contributed by atoms with E-state index in [0.29, 0.717) is 25.2 Å². The number of carboxylic acids is 1. The van der Waals surface area contributed by atoms with Crippen molar-refractivity contribution >= 4 is 11.9 Å². The molecule has 0 aliphatic rings. The molecule has 0 aliphatic carbocycles. The first-order chi connectivity index (χ1) is 11.1. The van der Waals surface area contributed by atoms with Gasteiger partial charge in [-0.1, -0.05) is 37.3 Å². The minimum atomic E-state index is -0.856. The van der Waals surface area contributed by atoms with Crippen molar-refractivity contribution in [3.05, 3.63) is 53.3 Å². The van der Waals surface area contributed by atoms with Gasteiger partial charge < -0.3 is 10.0 Å². The molecule has 2 N–H and O–H groups in total. The molecule has 122 valence electrons. The third kappa shape index (κ3) is 4.95. The first kappa shape index (κ1) is 16.7. The Labute approximate surface area is 135 Å². The summed E-state index contributed by atoms with van der Waals surface area (Å²) in [4.78, 5) is 25.0. The number of aliphatic carboxylic acids is 1. The SMILES string of the molecule is CCc1cc(C(=O)N(CCCC(=O)O)Cc2ccccc2)n[nH]1. The van der Waals surface area contributed by atoms with Gasteiger partial charge in [-0.3, -0.25) is 14.7 Å². The zero-order valence-corrected chi connectivity index (χ0v) is 13.2. The first-order valence-electron chi connectivity index (χ1n) is 7.69. The molecule has 0 saturated heterocycles. The number of H-pyrrole nitrogens is 1. The molecule has 1 heterocycles. The fourth-order valence-corrected chi connectivity index (χ4v) is 2.29. The van der Waals surface area contributed by atoms with Crippen LogP contribution in [-0.2, 0) is 17.8 Å². The second-order valence-corrected chi connectivity index (χ2v) is 5.34. The van der Waals surface area contributed by atoms with E-state index in [0.717, 1.165) is 17.7 Å². The number of aromatic amines is 1. The highest BCUT2D eigenvalue weighted by molar-refractivity contribution is 5.92. The van der Waals surface area contributed by atoms with Crippen LogP contribution in [0.15, 0.2) is 36.4 Å². The standard InChI is InChI=1S/C17H21N3O3/c1-2-14-11-15(19-18-14)17(23)20(10-6-9-16(21)22)12-13-7-4-3-5-8-13/h3-5,7-8,11H,2,6,9-10,12H2,1H3,(H,18,19)(H,21,22). The minimum absolute atomic E-state index is 0.0410. The number of aromatic nitrogens is 2. The van der Waals surface area contributed by atoms with E-state index in [4.69, 9.17) is 5.11 Å². The van der Waals surface area contributed by atoms with Gasteiger partial charge in [-0.05, 0) is 24.5 Å². The van der Waals surface area contributed by atoms with Gasteiger partial charge in [0.15, 0.2) is 0 Å². The van der Waals surface area contributed by atoms with Crippen LogP contribution in [0.3, 0.4) is 0 Å². The van der Waals surface area contributed by atoms with E-state index in [-0.39, 0.29) is 12.3 Å². The van der Waals surface area contributed by atoms with E-state index in [1.807, 2.05) is 37.3 Å². The maximum Gasteiger partial charge on any atom is 0.303 e. The third-order valence-corrected chi connectivity index (χ3v) is 3.55. The first-order valence-corrected chi connectivity index (χ1v) is 7.69. The number of carbonyl (C=O) groups excluding carboxylic acids is 1. The molecule has 1 aromatic carbocycles. The molecule has 1 amide bonds. The summed E-state index contributed by atoms with van der Waals surface area (Å²) < 4.78 is 0. The smallest absolute Gasteiger partial charge is 0.303 e. The molecule has 0 fully saturated rings. The Kier molecular flexibility index (Phi) is 5.91. The number of hydrogen-bond donors (Lipinski definition) is 2. The lowest BCUT2D eigenvalue weighted by Crippen LogP contribution is -2.32. The molecule has 0 unspecified atom stereocenters. The quantitative estimate of drug-likeness (QED) is 0.783. The molecule has 0 bridgehead atoms. The van der Waals surface area contributed by atoms with Crippen LogP contribution in [0, 0.1) is 0 Å². The zero-order valence-electron chi connectivity index (χ0n) is 13.2. The van der Waals surface area contributed by atoms with Gasteiger partial charge in [0.05, 0.1) is 0 Å². The minimum Gasteiger partial charge on any atom is -0.481 e. The average Bonchev–Trinajstić information content (AvgIpc) is 3.03. The largest absolute Gasteiger partial charge is 0.481 e. The Morgan fingerprint density at radius 3 is 2.61 bits per heavy atom. The van der Waals surface area contributed by atoms with Crippen molar-refractivity contribution in [1.82, 2.24) is 15.1 Å². The lowest BCUT2D eigenvalue weighted by Gasteiger charge is -2.21. The number of carboxylic acid groups (broad SMARTS) is 1. The fourth-order valence-electron chi connectivity index (χ4n) is 2.29. The van der Waals surface area contributed by atoms with Gasteiger partial charge in [0.2, 0.25) is 0 Å². The van der Waals surface area contributed by atoms with Crippen LogP contribution in [0.2, 0.25) is 0 Å². The highest BCUT2D eigenvalue weighted by Gasteiger charge is 2.19. The van der Waals surface area contributed by atoms with Crippen LogP contribution in [0.5, 0.6) is 0 Å². The number of benzene rings is 1. The van der Waals surface area contributed by atoms with Gasteiger partial charge >= 0.3 is 5.97 Å². The van der Waals surface area contributed by atoms with Crippen LogP contribution >= 0.6 is 0 Å². The van der Waals surface area contributed by atoms with Crippen molar-refractivity contribution in [3.8, 4) is 0 Å². The Morgan fingerprint density at radius 1 is 1.26 bits per heavy atom. The highest BCUT2D eigenvalue weighted by atomic mass is 16.4. The maximum atomic E-state index is 12.7. The Bertz CT molecular complexity index is 652. The molecule has 6 nitrogen and oxygen atoms in total. The lowest BCUT2D eigenvalue weighted by molar-refractivity contribution is -0.137. The molecule has 0 spiro atoms.